The number of rotatable bonds is 6. The van der Waals surface area contributed by atoms with Gasteiger partial charge in [0.05, 0.1) is 18.5 Å². The second-order valence-electron chi connectivity index (χ2n) is 4.74. The number of nitrogens with zero attached hydrogens (tertiary/aromatic N) is 3. The summed E-state index contributed by atoms with van der Waals surface area (Å²) in [6, 6.07) is 4.05. The fourth-order valence-electron chi connectivity index (χ4n) is 2.05. The van der Waals surface area contributed by atoms with Crippen LogP contribution < -0.4 is 5.32 Å². The van der Waals surface area contributed by atoms with Crippen LogP contribution in [0.3, 0.4) is 0 Å². The van der Waals surface area contributed by atoms with Crippen LogP contribution in [0.2, 0.25) is 0 Å². The SMILES string of the molecule is CCOC(=O)c1cnn(C)c1CNC(C)c1cccnc1. The summed E-state index contributed by atoms with van der Waals surface area (Å²) >= 11 is 0. The topological polar surface area (TPSA) is 69.0 Å². The maximum absolute atomic E-state index is 11.9. The highest BCUT2D eigenvalue weighted by molar-refractivity contribution is 5.90. The van der Waals surface area contributed by atoms with Crippen LogP contribution >= 0.6 is 0 Å². The van der Waals surface area contributed by atoms with Crippen LogP contribution in [0.5, 0.6) is 0 Å². The first-order valence-electron chi connectivity index (χ1n) is 6.94. The third-order valence-electron chi connectivity index (χ3n) is 3.32. The minimum atomic E-state index is -0.337. The molecule has 0 aromatic carbocycles. The van der Waals surface area contributed by atoms with Gasteiger partial charge in [-0.3, -0.25) is 9.67 Å². The smallest absolute Gasteiger partial charge is 0.341 e. The molecule has 0 fully saturated rings. The highest BCUT2D eigenvalue weighted by Gasteiger charge is 2.17. The minimum absolute atomic E-state index is 0.128. The van der Waals surface area contributed by atoms with Crippen LogP contribution in [-0.2, 0) is 18.3 Å². The Morgan fingerprint density at radius 3 is 2.95 bits per heavy atom. The van der Waals surface area contributed by atoms with E-state index in [1.807, 2.05) is 25.4 Å². The van der Waals surface area contributed by atoms with Crippen molar-refractivity contribution in [1.82, 2.24) is 20.1 Å². The van der Waals surface area contributed by atoms with Gasteiger partial charge >= 0.3 is 5.97 Å². The predicted octanol–water partition coefficient (Wildman–Crippen LogP) is 1.84. The lowest BCUT2D eigenvalue weighted by Gasteiger charge is -2.14. The molecule has 112 valence electrons. The molecule has 0 radical (unpaired) electrons. The van der Waals surface area contributed by atoms with Gasteiger partial charge in [0.2, 0.25) is 0 Å². The number of aromatic nitrogens is 3. The van der Waals surface area contributed by atoms with Crippen molar-refractivity contribution in [3.05, 3.63) is 47.5 Å². The molecule has 0 aliphatic rings. The van der Waals surface area contributed by atoms with E-state index >= 15 is 0 Å². The second-order valence-corrected chi connectivity index (χ2v) is 4.74. The van der Waals surface area contributed by atoms with E-state index in [0.717, 1.165) is 11.3 Å². The number of esters is 1. The first-order chi connectivity index (χ1) is 10.1. The monoisotopic (exact) mass is 288 g/mol. The Bertz CT molecular complexity index is 595. The zero-order chi connectivity index (χ0) is 15.2. The van der Waals surface area contributed by atoms with E-state index in [-0.39, 0.29) is 12.0 Å². The van der Waals surface area contributed by atoms with Crippen molar-refractivity contribution in [3.8, 4) is 0 Å². The van der Waals surface area contributed by atoms with Gasteiger partial charge in [0, 0.05) is 32.0 Å². The van der Waals surface area contributed by atoms with E-state index in [1.54, 1.807) is 24.0 Å². The molecular formula is C15H20N4O2. The van der Waals surface area contributed by atoms with Crippen molar-refractivity contribution < 1.29 is 9.53 Å². The molecule has 0 aliphatic heterocycles. The van der Waals surface area contributed by atoms with Crippen molar-refractivity contribution in [2.75, 3.05) is 6.61 Å². The first-order valence-corrected chi connectivity index (χ1v) is 6.94. The van der Waals surface area contributed by atoms with E-state index in [9.17, 15) is 4.79 Å². The molecule has 21 heavy (non-hydrogen) atoms. The van der Waals surface area contributed by atoms with Gasteiger partial charge in [-0.2, -0.15) is 5.10 Å². The third kappa shape index (κ3) is 3.66. The average molecular weight is 288 g/mol. The summed E-state index contributed by atoms with van der Waals surface area (Å²) in [5.74, 6) is -0.337. The van der Waals surface area contributed by atoms with Gasteiger partial charge in [-0.1, -0.05) is 6.07 Å². The third-order valence-corrected chi connectivity index (χ3v) is 3.32. The van der Waals surface area contributed by atoms with Crippen LogP contribution in [0.1, 0.15) is 41.5 Å². The molecule has 2 aromatic rings. The molecule has 1 unspecified atom stereocenters. The van der Waals surface area contributed by atoms with Gasteiger partial charge in [-0.05, 0) is 25.5 Å². The highest BCUT2D eigenvalue weighted by Crippen LogP contribution is 2.14. The van der Waals surface area contributed by atoms with Crippen LogP contribution in [0.4, 0.5) is 0 Å². The summed E-state index contributed by atoms with van der Waals surface area (Å²) in [6.07, 6.45) is 5.12. The van der Waals surface area contributed by atoms with Crippen molar-refractivity contribution in [3.63, 3.8) is 0 Å². The summed E-state index contributed by atoms with van der Waals surface area (Å²) in [5.41, 5.74) is 2.41. The molecule has 6 nitrogen and oxygen atoms in total. The van der Waals surface area contributed by atoms with Crippen molar-refractivity contribution >= 4 is 5.97 Å². The van der Waals surface area contributed by atoms with Gasteiger partial charge in [-0.15, -0.1) is 0 Å². The van der Waals surface area contributed by atoms with Gasteiger partial charge in [0.25, 0.3) is 0 Å². The number of aryl methyl sites for hydroxylation is 1. The number of ether oxygens (including phenoxy) is 1. The summed E-state index contributed by atoms with van der Waals surface area (Å²) in [4.78, 5) is 16.0. The fraction of sp³-hybridized carbons (Fsp3) is 0.400. The van der Waals surface area contributed by atoms with E-state index in [0.29, 0.717) is 18.7 Å². The summed E-state index contributed by atoms with van der Waals surface area (Å²) in [5, 5.41) is 7.50. The predicted molar refractivity (Wildman–Crippen MR) is 78.7 cm³/mol. The van der Waals surface area contributed by atoms with E-state index in [4.69, 9.17) is 4.74 Å². The van der Waals surface area contributed by atoms with Crippen molar-refractivity contribution in [2.45, 2.75) is 26.4 Å². The number of carbonyl (C=O) groups is 1. The molecule has 1 atom stereocenters. The van der Waals surface area contributed by atoms with Crippen LogP contribution in [0, 0.1) is 0 Å². The van der Waals surface area contributed by atoms with E-state index < -0.39 is 0 Å². The number of hydrogen-bond donors (Lipinski definition) is 1. The minimum Gasteiger partial charge on any atom is -0.462 e. The second kappa shape index (κ2) is 6.99. The Morgan fingerprint density at radius 1 is 1.48 bits per heavy atom. The quantitative estimate of drug-likeness (QED) is 0.821. The molecule has 6 heteroatoms. The Morgan fingerprint density at radius 2 is 2.29 bits per heavy atom. The zero-order valence-corrected chi connectivity index (χ0v) is 12.5. The largest absolute Gasteiger partial charge is 0.462 e. The molecule has 0 saturated carbocycles. The summed E-state index contributed by atoms with van der Waals surface area (Å²) < 4.78 is 6.73. The van der Waals surface area contributed by atoms with Crippen LogP contribution in [0.15, 0.2) is 30.7 Å². The zero-order valence-electron chi connectivity index (χ0n) is 12.5. The van der Waals surface area contributed by atoms with E-state index in [1.165, 1.54) is 0 Å². The molecule has 1 N–H and O–H groups in total. The number of pyridine rings is 1. The lowest BCUT2D eigenvalue weighted by Crippen LogP contribution is -2.21. The van der Waals surface area contributed by atoms with Crippen LogP contribution in [-0.4, -0.2) is 27.3 Å². The Kier molecular flexibility index (Phi) is 5.05. The lowest BCUT2D eigenvalue weighted by molar-refractivity contribution is 0.0524. The van der Waals surface area contributed by atoms with Gasteiger partial charge in [0.1, 0.15) is 5.56 Å². The molecule has 0 amide bonds. The highest BCUT2D eigenvalue weighted by atomic mass is 16.5. The molecular weight excluding hydrogens is 268 g/mol. The number of carbonyl (C=O) groups excluding carboxylic acids is 1. The normalized spacial score (nSPS) is 12.1. The standard InChI is InChI=1S/C15H20N4O2/c1-4-21-15(20)13-9-18-19(3)14(13)10-17-11(2)12-6-5-7-16-8-12/h5-9,11,17H,4,10H2,1-3H3. The lowest BCUT2D eigenvalue weighted by atomic mass is 10.1. The average Bonchev–Trinajstić information content (AvgIpc) is 2.87. The first kappa shape index (κ1) is 15.2. The van der Waals surface area contributed by atoms with Gasteiger partial charge < -0.3 is 10.1 Å². The maximum Gasteiger partial charge on any atom is 0.341 e. The van der Waals surface area contributed by atoms with Crippen LogP contribution in [0.25, 0.3) is 0 Å². The molecule has 2 rings (SSSR count). The number of hydrogen-bond acceptors (Lipinski definition) is 5. The number of nitrogens with one attached hydrogen (secondary N) is 1. The summed E-state index contributed by atoms with van der Waals surface area (Å²) in [7, 11) is 1.81. The van der Waals surface area contributed by atoms with Crippen molar-refractivity contribution in [1.29, 1.82) is 0 Å². The van der Waals surface area contributed by atoms with Crippen molar-refractivity contribution in [2.24, 2.45) is 7.05 Å². The Balaban J connectivity index is 2.06. The molecule has 0 spiro atoms. The molecule has 0 saturated heterocycles. The summed E-state index contributed by atoms with van der Waals surface area (Å²) in [6.45, 7) is 4.72. The van der Waals surface area contributed by atoms with E-state index in [2.05, 4.69) is 22.3 Å². The maximum atomic E-state index is 11.9. The van der Waals surface area contributed by atoms with Gasteiger partial charge in [-0.25, -0.2) is 4.79 Å². The van der Waals surface area contributed by atoms with Gasteiger partial charge in [0.15, 0.2) is 0 Å². The molecule has 0 aliphatic carbocycles. The molecule has 2 heterocycles. The Labute approximate surface area is 124 Å². The Hall–Kier alpha value is -2.21. The fourth-order valence-corrected chi connectivity index (χ4v) is 2.05. The molecule has 2 aromatic heterocycles. The molecule has 0 bridgehead atoms.